The number of hydrogen-bond acceptors (Lipinski definition) is 6. The van der Waals surface area contributed by atoms with E-state index in [4.69, 9.17) is 4.74 Å². The van der Waals surface area contributed by atoms with E-state index in [9.17, 15) is 9.59 Å². The number of carbonyl (C=O) groups excluding carboxylic acids is 1. The Labute approximate surface area is 115 Å². The van der Waals surface area contributed by atoms with Crippen molar-refractivity contribution in [3.8, 4) is 0 Å². The van der Waals surface area contributed by atoms with Crippen LogP contribution in [0.15, 0.2) is 35.3 Å². The number of anilines is 2. The zero-order valence-electron chi connectivity index (χ0n) is 10.9. The van der Waals surface area contributed by atoms with Crippen LogP contribution in [0.4, 0.5) is 11.6 Å². The van der Waals surface area contributed by atoms with E-state index in [1.165, 1.54) is 0 Å². The number of esters is 1. The molecule has 20 heavy (non-hydrogen) atoms. The highest BCUT2D eigenvalue weighted by molar-refractivity contribution is 5.90. The molecule has 7 heteroatoms. The van der Waals surface area contributed by atoms with Gasteiger partial charge in [-0.15, -0.1) is 10.2 Å². The topological polar surface area (TPSA) is 97.0 Å². The van der Waals surface area contributed by atoms with Gasteiger partial charge in [0, 0.05) is 5.69 Å². The summed E-state index contributed by atoms with van der Waals surface area (Å²) in [6, 6.07) is 6.72. The maximum atomic E-state index is 11.7. The Morgan fingerprint density at radius 1 is 1.45 bits per heavy atom. The van der Waals surface area contributed by atoms with E-state index in [1.54, 1.807) is 24.3 Å². The number of aromatic nitrogens is 3. The number of ether oxygens (including phenoxy) is 1. The predicted molar refractivity (Wildman–Crippen MR) is 73.0 cm³/mol. The molecule has 1 heterocycles. The van der Waals surface area contributed by atoms with Crippen molar-refractivity contribution in [2.75, 3.05) is 11.9 Å². The first-order valence-electron chi connectivity index (χ1n) is 6.15. The fourth-order valence-electron chi connectivity index (χ4n) is 1.51. The lowest BCUT2D eigenvalue weighted by molar-refractivity contribution is 0.0505. The highest BCUT2D eigenvalue weighted by Crippen LogP contribution is 2.14. The van der Waals surface area contributed by atoms with Gasteiger partial charge >= 0.3 is 5.97 Å². The van der Waals surface area contributed by atoms with Gasteiger partial charge < -0.3 is 10.1 Å². The minimum absolute atomic E-state index is 0.205. The molecular formula is C13H14N4O3. The summed E-state index contributed by atoms with van der Waals surface area (Å²) in [4.78, 5) is 25.3. The van der Waals surface area contributed by atoms with Crippen LogP contribution in [-0.4, -0.2) is 27.8 Å². The van der Waals surface area contributed by atoms with Crippen LogP contribution >= 0.6 is 0 Å². The molecule has 0 aliphatic carbocycles. The first-order valence-corrected chi connectivity index (χ1v) is 6.15. The zero-order valence-corrected chi connectivity index (χ0v) is 10.9. The second kappa shape index (κ2) is 6.46. The summed E-state index contributed by atoms with van der Waals surface area (Å²) in [5.41, 5.74) is 0.669. The molecule has 0 saturated heterocycles. The quantitative estimate of drug-likeness (QED) is 0.801. The predicted octanol–water partition coefficient (Wildman–Crippen LogP) is 1.48. The van der Waals surface area contributed by atoms with E-state index >= 15 is 0 Å². The summed E-state index contributed by atoms with van der Waals surface area (Å²) in [7, 11) is 0. The monoisotopic (exact) mass is 274 g/mol. The molecular weight excluding hydrogens is 260 g/mol. The van der Waals surface area contributed by atoms with Crippen molar-refractivity contribution in [1.82, 2.24) is 15.2 Å². The lowest BCUT2D eigenvalue weighted by Gasteiger charge is -2.07. The Bertz CT molecular complexity index is 654. The summed E-state index contributed by atoms with van der Waals surface area (Å²) in [6.45, 7) is 2.31. The van der Waals surface area contributed by atoms with Crippen LogP contribution in [0.1, 0.15) is 23.7 Å². The van der Waals surface area contributed by atoms with Gasteiger partial charge in [0.15, 0.2) is 0 Å². The van der Waals surface area contributed by atoms with Crippen LogP contribution in [0.5, 0.6) is 0 Å². The zero-order chi connectivity index (χ0) is 14.4. The Hall–Kier alpha value is -2.70. The van der Waals surface area contributed by atoms with Crippen molar-refractivity contribution in [2.45, 2.75) is 13.3 Å². The molecule has 0 aliphatic heterocycles. The molecule has 2 rings (SSSR count). The van der Waals surface area contributed by atoms with Crippen molar-refractivity contribution in [3.05, 3.63) is 46.4 Å². The van der Waals surface area contributed by atoms with Crippen molar-refractivity contribution < 1.29 is 9.53 Å². The number of hydrogen-bond donors (Lipinski definition) is 2. The summed E-state index contributed by atoms with van der Waals surface area (Å²) in [5, 5.41) is 10.1. The van der Waals surface area contributed by atoms with Gasteiger partial charge in [-0.1, -0.05) is 13.0 Å². The van der Waals surface area contributed by atoms with Gasteiger partial charge in [-0.25, -0.2) is 4.79 Å². The Morgan fingerprint density at radius 2 is 2.30 bits per heavy atom. The maximum absolute atomic E-state index is 11.7. The Kier molecular flexibility index (Phi) is 4.43. The van der Waals surface area contributed by atoms with Crippen LogP contribution < -0.4 is 10.9 Å². The third-order valence-corrected chi connectivity index (χ3v) is 2.37. The average Bonchev–Trinajstić information content (AvgIpc) is 2.45. The first kappa shape index (κ1) is 13.7. The molecule has 0 bridgehead atoms. The standard InChI is InChI=1S/C13H14N4O3/c1-2-6-20-12(19)9-4-3-5-10(7-9)15-13-16-11(18)8-14-17-13/h3-5,7-8H,2,6H2,1H3,(H2,15,16,17,18). The molecule has 1 aromatic heterocycles. The van der Waals surface area contributed by atoms with Crippen molar-refractivity contribution in [3.63, 3.8) is 0 Å². The lowest BCUT2D eigenvalue weighted by atomic mass is 10.2. The minimum Gasteiger partial charge on any atom is -0.462 e. The summed E-state index contributed by atoms with van der Waals surface area (Å²) >= 11 is 0. The molecule has 0 spiro atoms. The molecule has 2 N–H and O–H groups in total. The molecule has 1 aromatic carbocycles. The third-order valence-electron chi connectivity index (χ3n) is 2.37. The number of H-pyrrole nitrogens is 1. The van der Waals surface area contributed by atoms with E-state index in [1.807, 2.05) is 6.92 Å². The minimum atomic E-state index is -0.386. The van der Waals surface area contributed by atoms with Gasteiger partial charge in [-0.3, -0.25) is 9.78 Å². The number of benzene rings is 1. The molecule has 7 nitrogen and oxygen atoms in total. The fraction of sp³-hybridized carbons (Fsp3) is 0.231. The molecule has 0 fully saturated rings. The molecule has 0 aliphatic rings. The third kappa shape index (κ3) is 3.64. The molecule has 2 aromatic rings. The molecule has 0 saturated carbocycles. The number of nitrogens with one attached hydrogen (secondary N) is 2. The molecule has 104 valence electrons. The lowest BCUT2D eigenvalue weighted by Crippen LogP contribution is -2.11. The second-order valence-electron chi connectivity index (χ2n) is 4.02. The summed E-state index contributed by atoms with van der Waals surface area (Å²) in [6.07, 6.45) is 1.84. The fourth-order valence-corrected chi connectivity index (χ4v) is 1.51. The SMILES string of the molecule is CCCOC(=O)c1cccc(Nc2nncc(=O)[nH]2)c1. The number of rotatable bonds is 5. The normalized spacial score (nSPS) is 10.1. The van der Waals surface area contributed by atoms with Gasteiger partial charge in [0.25, 0.3) is 5.56 Å². The summed E-state index contributed by atoms with van der Waals surface area (Å²) in [5.74, 6) is -0.181. The highest BCUT2D eigenvalue weighted by Gasteiger charge is 2.07. The number of nitrogens with zero attached hydrogens (tertiary/aromatic N) is 2. The van der Waals surface area contributed by atoms with E-state index in [0.717, 1.165) is 12.6 Å². The molecule has 0 atom stereocenters. The second-order valence-corrected chi connectivity index (χ2v) is 4.02. The van der Waals surface area contributed by atoms with E-state index in [0.29, 0.717) is 17.9 Å². The van der Waals surface area contributed by atoms with Crippen LogP contribution in [0.25, 0.3) is 0 Å². The van der Waals surface area contributed by atoms with E-state index in [2.05, 4.69) is 20.5 Å². The number of carbonyl (C=O) groups is 1. The van der Waals surface area contributed by atoms with Crippen molar-refractivity contribution in [2.24, 2.45) is 0 Å². The Morgan fingerprint density at radius 3 is 3.05 bits per heavy atom. The molecule has 0 unspecified atom stereocenters. The highest BCUT2D eigenvalue weighted by atomic mass is 16.5. The summed E-state index contributed by atoms with van der Waals surface area (Å²) < 4.78 is 5.05. The van der Waals surface area contributed by atoms with Crippen molar-refractivity contribution in [1.29, 1.82) is 0 Å². The number of aromatic amines is 1. The van der Waals surface area contributed by atoms with Crippen molar-refractivity contribution >= 4 is 17.6 Å². The average molecular weight is 274 g/mol. The van der Waals surface area contributed by atoms with E-state index in [-0.39, 0.29) is 17.5 Å². The Balaban J connectivity index is 2.13. The van der Waals surface area contributed by atoms with Gasteiger partial charge in [0.1, 0.15) is 6.20 Å². The first-order chi connectivity index (χ1) is 9.69. The van der Waals surface area contributed by atoms with Crippen LogP contribution in [0, 0.1) is 0 Å². The maximum Gasteiger partial charge on any atom is 0.338 e. The van der Waals surface area contributed by atoms with Gasteiger partial charge in [0.2, 0.25) is 5.95 Å². The van der Waals surface area contributed by atoms with Crippen LogP contribution in [0.2, 0.25) is 0 Å². The smallest absolute Gasteiger partial charge is 0.338 e. The molecule has 0 radical (unpaired) electrons. The largest absolute Gasteiger partial charge is 0.462 e. The van der Waals surface area contributed by atoms with Crippen LogP contribution in [-0.2, 0) is 4.74 Å². The van der Waals surface area contributed by atoms with E-state index < -0.39 is 0 Å². The van der Waals surface area contributed by atoms with Gasteiger partial charge in [-0.2, -0.15) is 0 Å². The van der Waals surface area contributed by atoms with Gasteiger partial charge in [0.05, 0.1) is 12.2 Å². The van der Waals surface area contributed by atoms with Crippen LogP contribution in [0.3, 0.4) is 0 Å². The van der Waals surface area contributed by atoms with Gasteiger partial charge in [-0.05, 0) is 24.6 Å². The molecule has 0 amide bonds.